The Bertz CT molecular complexity index is 170. The number of urea groups is 1. The van der Waals surface area contributed by atoms with E-state index in [4.69, 9.17) is 0 Å². The van der Waals surface area contributed by atoms with Crippen LogP contribution in [-0.2, 0) is 0 Å². The monoisotopic (exact) mass is 171 g/mol. The number of carbonyl (C=O) groups is 1. The average Bonchev–Trinajstić information content (AvgIpc) is 2.35. The van der Waals surface area contributed by atoms with Crippen molar-refractivity contribution in [1.82, 2.24) is 15.1 Å². The second-order valence-electron chi connectivity index (χ2n) is 3.59. The van der Waals surface area contributed by atoms with E-state index in [1.165, 1.54) is 0 Å². The highest BCUT2D eigenvalue weighted by molar-refractivity contribution is 5.73. The van der Waals surface area contributed by atoms with E-state index in [1.54, 1.807) is 19.0 Å². The molecule has 0 aliphatic carbocycles. The second kappa shape index (κ2) is 3.76. The van der Waals surface area contributed by atoms with Gasteiger partial charge in [0.1, 0.15) is 0 Å². The van der Waals surface area contributed by atoms with Crippen LogP contribution in [0.1, 0.15) is 6.42 Å². The van der Waals surface area contributed by atoms with E-state index in [0.29, 0.717) is 6.04 Å². The van der Waals surface area contributed by atoms with E-state index in [9.17, 15) is 4.79 Å². The Hall–Kier alpha value is -0.770. The number of nitrogens with one attached hydrogen (secondary N) is 1. The standard InChI is InChI=1S/C8H17N3O/c1-10(2)8(12)9-7-4-5-11(3)6-7/h7H,4-6H2,1-3H3,(H,9,12)/t7-/m1/s1. The number of hydrogen-bond donors (Lipinski definition) is 1. The lowest BCUT2D eigenvalue weighted by Gasteiger charge is -2.16. The molecule has 0 saturated carbocycles. The predicted molar refractivity (Wildman–Crippen MR) is 48.1 cm³/mol. The molecule has 1 atom stereocenters. The zero-order valence-electron chi connectivity index (χ0n) is 8.00. The summed E-state index contributed by atoms with van der Waals surface area (Å²) in [5.41, 5.74) is 0. The summed E-state index contributed by atoms with van der Waals surface area (Å²) < 4.78 is 0. The maximum absolute atomic E-state index is 11.2. The lowest BCUT2D eigenvalue weighted by atomic mass is 10.3. The number of rotatable bonds is 1. The van der Waals surface area contributed by atoms with Crippen molar-refractivity contribution >= 4 is 6.03 Å². The van der Waals surface area contributed by atoms with Crippen molar-refractivity contribution in [2.24, 2.45) is 0 Å². The third kappa shape index (κ3) is 2.37. The number of likely N-dealkylation sites (tertiary alicyclic amines) is 1. The van der Waals surface area contributed by atoms with Crippen LogP contribution in [0.3, 0.4) is 0 Å². The number of nitrogens with zero attached hydrogens (tertiary/aromatic N) is 2. The van der Waals surface area contributed by atoms with E-state index < -0.39 is 0 Å². The maximum atomic E-state index is 11.2. The van der Waals surface area contributed by atoms with Crippen molar-refractivity contribution in [2.75, 3.05) is 34.2 Å². The molecule has 1 heterocycles. The summed E-state index contributed by atoms with van der Waals surface area (Å²) in [4.78, 5) is 15.0. The fraction of sp³-hybridized carbons (Fsp3) is 0.875. The van der Waals surface area contributed by atoms with Gasteiger partial charge in [0.05, 0.1) is 0 Å². The van der Waals surface area contributed by atoms with Gasteiger partial charge in [0.2, 0.25) is 0 Å². The van der Waals surface area contributed by atoms with Gasteiger partial charge >= 0.3 is 6.03 Å². The Morgan fingerprint density at radius 2 is 2.25 bits per heavy atom. The minimum Gasteiger partial charge on any atom is -0.334 e. The van der Waals surface area contributed by atoms with Crippen LogP contribution in [0.5, 0.6) is 0 Å². The highest BCUT2D eigenvalue weighted by atomic mass is 16.2. The van der Waals surface area contributed by atoms with Crippen molar-refractivity contribution in [3.05, 3.63) is 0 Å². The normalized spacial score (nSPS) is 24.1. The van der Waals surface area contributed by atoms with Crippen molar-refractivity contribution in [2.45, 2.75) is 12.5 Å². The first-order chi connectivity index (χ1) is 5.59. The molecule has 1 fully saturated rings. The van der Waals surface area contributed by atoms with Gasteiger partial charge in [-0.05, 0) is 20.0 Å². The third-order valence-corrected chi connectivity index (χ3v) is 2.13. The number of likely N-dealkylation sites (N-methyl/N-ethyl adjacent to an activating group) is 1. The average molecular weight is 171 g/mol. The van der Waals surface area contributed by atoms with E-state index >= 15 is 0 Å². The fourth-order valence-corrected chi connectivity index (χ4v) is 1.36. The van der Waals surface area contributed by atoms with Crippen LogP contribution in [0.4, 0.5) is 4.79 Å². The summed E-state index contributed by atoms with van der Waals surface area (Å²) in [6, 6.07) is 0.347. The highest BCUT2D eigenvalue weighted by Crippen LogP contribution is 2.05. The van der Waals surface area contributed by atoms with E-state index in [2.05, 4.69) is 17.3 Å². The SMILES string of the molecule is CN1CC[C@@H](NC(=O)N(C)C)C1. The molecular formula is C8H17N3O. The quantitative estimate of drug-likeness (QED) is 0.601. The van der Waals surface area contributed by atoms with Gasteiger partial charge in [-0.15, -0.1) is 0 Å². The van der Waals surface area contributed by atoms with Gasteiger partial charge in [-0.2, -0.15) is 0 Å². The van der Waals surface area contributed by atoms with Crippen molar-refractivity contribution in [1.29, 1.82) is 0 Å². The molecule has 0 aromatic carbocycles. The maximum Gasteiger partial charge on any atom is 0.317 e. The third-order valence-electron chi connectivity index (χ3n) is 2.13. The minimum atomic E-state index is 0.00954. The van der Waals surface area contributed by atoms with Crippen LogP contribution in [0.15, 0.2) is 0 Å². The van der Waals surface area contributed by atoms with Crippen LogP contribution >= 0.6 is 0 Å². The Balaban J connectivity index is 2.28. The molecule has 1 rings (SSSR count). The molecule has 70 valence electrons. The Morgan fingerprint density at radius 1 is 1.58 bits per heavy atom. The van der Waals surface area contributed by atoms with Crippen molar-refractivity contribution < 1.29 is 4.79 Å². The molecule has 12 heavy (non-hydrogen) atoms. The lowest BCUT2D eigenvalue weighted by Crippen LogP contribution is -2.42. The Labute approximate surface area is 73.5 Å². The second-order valence-corrected chi connectivity index (χ2v) is 3.59. The smallest absolute Gasteiger partial charge is 0.317 e. The van der Waals surface area contributed by atoms with Crippen molar-refractivity contribution in [3.63, 3.8) is 0 Å². The Kier molecular flexibility index (Phi) is 2.92. The minimum absolute atomic E-state index is 0.00954. The summed E-state index contributed by atoms with van der Waals surface area (Å²) in [6.45, 7) is 2.05. The summed E-state index contributed by atoms with van der Waals surface area (Å²) in [6.07, 6.45) is 1.07. The van der Waals surface area contributed by atoms with Crippen LogP contribution in [0, 0.1) is 0 Å². The first-order valence-corrected chi connectivity index (χ1v) is 4.26. The van der Waals surface area contributed by atoms with Crippen LogP contribution in [-0.4, -0.2) is 56.1 Å². The molecule has 0 spiro atoms. The van der Waals surface area contributed by atoms with Crippen molar-refractivity contribution in [3.8, 4) is 0 Å². The molecule has 0 bridgehead atoms. The fourth-order valence-electron chi connectivity index (χ4n) is 1.36. The summed E-state index contributed by atoms with van der Waals surface area (Å²) in [5.74, 6) is 0. The summed E-state index contributed by atoms with van der Waals surface area (Å²) in [5, 5.41) is 2.95. The number of hydrogen-bond acceptors (Lipinski definition) is 2. The van der Waals surface area contributed by atoms with Gasteiger partial charge in [0.25, 0.3) is 0 Å². The zero-order chi connectivity index (χ0) is 9.14. The largest absolute Gasteiger partial charge is 0.334 e. The molecule has 1 aliphatic rings. The molecule has 2 amide bonds. The van der Waals surface area contributed by atoms with E-state index in [1.807, 2.05) is 0 Å². The zero-order valence-corrected chi connectivity index (χ0v) is 8.00. The molecule has 0 aromatic rings. The van der Waals surface area contributed by atoms with Gasteiger partial charge in [-0.25, -0.2) is 4.79 Å². The number of amides is 2. The predicted octanol–water partition coefficient (Wildman–Crippen LogP) is -0.0383. The molecule has 0 radical (unpaired) electrons. The molecule has 1 N–H and O–H groups in total. The van der Waals surface area contributed by atoms with Gasteiger partial charge in [0.15, 0.2) is 0 Å². The molecule has 0 aromatic heterocycles. The molecule has 1 aliphatic heterocycles. The molecule has 4 heteroatoms. The van der Waals surface area contributed by atoms with E-state index in [-0.39, 0.29) is 6.03 Å². The highest BCUT2D eigenvalue weighted by Gasteiger charge is 2.21. The van der Waals surface area contributed by atoms with Crippen LogP contribution in [0.25, 0.3) is 0 Å². The molecule has 4 nitrogen and oxygen atoms in total. The summed E-state index contributed by atoms with van der Waals surface area (Å²) in [7, 11) is 5.59. The number of carbonyl (C=O) groups excluding carboxylic acids is 1. The Morgan fingerprint density at radius 3 is 2.67 bits per heavy atom. The van der Waals surface area contributed by atoms with Gasteiger partial charge in [0, 0.05) is 26.7 Å². The molecule has 1 saturated heterocycles. The molecule has 0 unspecified atom stereocenters. The van der Waals surface area contributed by atoms with E-state index in [0.717, 1.165) is 19.5 Å². The first-order valence-electron chi connectivity index (χ1n) is 4.26. The first kappa shape index (κ1) is 9.32. The molecular weight excluding hydrogens is 154 g/mol. The van der Waals surface area contributed by atoms with Gasteiger partial charge < -0.3 is 15.1 Å². The topological polar surface area (TPSA) is 35.6 Å². The summed E-state index contributed by atoms with van der Waals surface area (Å²) >= 11 is 0. The van der Waals surface area contributed by atoms with Gasteiger partial charge in [-0.1, -0.05) is 0 Å². The van der Waals surface area contributed by atoms with Crippen LogP contribution < -0.4 is 5.32 Å². The van der Waals surface area contributed by atoms with Crippen LogP contribution in [0.2, 0.25) is 0 Å². The lowest BCUT2D eigenvalue weighted by molar-refractivity contribution is 0.213. The van der Waals surface area contributed by atoms with Gasteiger partial charge in [-0.3, -0.25) is 0 Å².